The van der Waals surface area contributed by atoms with E-state index in [0.29, 0.717) is 17.1 Å². The Morgan fingerprint density at radius 1 is 1.55 bits per heavy atom. The fourth-order valence-electron chi connectivity index (χ4n) is 2.08. The Kier molecular flexibility index (Phi) is 4.49. The minimum atomic E-state index is -0.169. The van der Waals surface area contributed by atoms with Crippen molar-refractivity contribution in [2.45, 2.75) is 25.8 Å². The molecule has 1 saturated carbocycles. The predicted octanol–water partition coefficient (Wildman–Crippen LogP) is 1.95. The lowest BCUT2D eigenvalue weighted by Gasteiger charge is -2.24. The molecule has 0 bridgehead atoms. The number of likely N-dealkylation sites (N-methyl/N-ethyl adjacent to an activating group) is 1. The minimum Gasteiger partial charge on any atom is -0.497 e. The lowest BCUT2D eigenvalue weighted by atomic mass is 10.2. The molecule has 20 heavy (non-hydrogen) atoms. The number of nitrogen functional groups attached to an aromatic ring is 1. The lowest BCUT2D eigenvalue weighted by molar-refractivity contribution is -0.120. The molecule has 1 aliphatic rings. The van der Waals surface area contributed by atoms with E-state index < -0.39 is 0 Å². The molecule has 0 aliphatic heterocycles. The Bertz CT molecular complexity index is 486. The Hall–Kier alpha value is -1.75. The molecule has 5 heteroatoms. The van der Waals surface area contributed by atoms with Crippen LogP contribution in [0.25, 0.3) is 0 Å². The second-order valence-corrected chi connectivity index (χ2v) is 5.50. The van der Waals surface area contributed by atoms with Crippen LogP contribution < -0.4 is 15.8 Å². The SMILES string of the molecule is COc1ccc(NC(=O)C(C)N(C)CC2CC2)c(N)c1. The van der Waals surface area contributed by atoms with Crippen molar-refractivity contribution in [3.63, 3.8) is 0 Å². The van der Waals surface area contributed by atoms with Gasteiger partial charge < -0.3 is 15.8 Å². The Morgan fingerprint density at radius 2 is 2.25 bits per heavy atom. The molecule has 5 nitrogen and oxygen atoms in total. The summed E-state index contributed by atoms with van der Waals surface area (Å²) in [5, 5.41) is 2.87. The zero-order valence-corrected chi connectivity index (χ0v) is 12.3. The quantitative estimate of drug-likeness (QED) is 0.780. The molecule has 0 spiro atoms. The largest absolute Gasteiger partial charge is 0.497 e. The second-order valence-electron chi connectivity index (χ2n) is 5.50. The molecule has 0 saturated heterocycles. The number of rotatable bonds is 6. The molecule has 2 rings (SSSR count). The number of nitrogens with two attached hydrogens (primary N) is 1. The van der Waals surface area contributed by atoms with E-state index in [2.05, 4.69) is 10.2 Å². The van der Waals surface area contributed by atoms with Crippen LogP contribution in [0.15, 0.2) is 18.2 Å². The van der Waals surface area contributed by atoms with E-state index in [1.54, 1.807) is 25.3 Å². The van der Waals surface area contributed by atoms with Crippen molar-refractivity contribution in [3.8, 4) is 5.75 Å². The summed E-state index contributed by atoms with van der Waals surface area (Å²) in [4.78, 5) is 14.3. The van der Waals surface area contributed by atoms with Gasteiger partial charge in [0.25, 0.3) is 0 Å². The van der Waals surface area contributed by atoms with Crippen molar-refractivity contribution < 1.29 is 9.53 Å². The minimum absolute atomic E-state index is 0.0370. The van der Waals surface area contributed by atoms with Crippen molar-refractivity contribution in [1.29, 1.82) is 0 Å². The van der Waals surface area contributed by atoms with Crippen LogP contribution in [0.3, 0.4) is 0 Å². The molecule has 1 atom stereocenters. The highest BCUT2D eigenvalue weighted by Gasteiger charge is 2.27. The van der Waals surface area contributed by atoms with Crippen LogP contribution in [0, 0.1) is 5.92 Å². The number of hydrogen-bond acceptors (Lipinski definition) is 4. The average molecular weight is 277 g/mol. The number of nitrogens with one attached hydrogen (secondary N) is 1. The van der Waals surface area contributed by atoms with E-state index >= 15 is 0 Å². The molecule has 1 aromatic rings. The summed E-state index contributed by atoms with van der Waals surface area (Å²) in [6, 6.07) is 5.08. The standard InChI is InChI=1S/C15H23N3O2/c1-10(18(2)9-11-4-5-11)15(19)17-14-7-6-12(20-3)8-13(14)16/h6-8,10-11H,4-5,9,16H2,1-3H3,(H,17,19). The normalized spacial score (nSPS) is 16.0. The van der Waals surface area contributed by atoms with Gasteiger partial charge in [0.2, 0.25) is 5.91 Å². The molecule has 1 unspecified atom stereocenters. The van der Waals surface area contributed by atoms with Crippen LogP contribution in [0.4, 0.5) is 11.4 Å². The third-order valence-corrected chi connectivity index (χ3v) is 3.80. The van der Waals surface area contributed by atoms with E-state index in [1.807, 2.05) is 14.0 Å². The molecule has 1 aromatic carbocycles. The molecule has 0 radical (unpaired) electrons. The van der Waals surface area contributed by atoms with Crippen molar-refractivity contribution in [3.05, 3.63) is 18.2 Å². The molecule has 3 N–H and O–H groups in total. The first-order valence-electron chi connectivity index (χ1n) is 6.96. The van der Waals surface area contributed by atoms with Gasteiger partial charge in [0, 0.05) is 12.6 Å². The highest BCUT2D eigenvalue weighted by molar-refractivity contribution is 5.97. The molecular weight excluding hydrogens is 254 g/mol. The molecule has 110 valence electrons. The topological polar surface area (TPSA) is 67.6 Å². The third kappa shape index (κ3) is 3.63. The summed E-state index contributed by atoms with van der Waals surface area (Å²) in [5.41, 5.74) is 7.04. The predicted molar refractivity (Wildman–Crippen MR) is 80.9 cm³/mol. The summed E-state index contributed by atoms with van der Waals surface area (Å²) in [6.45, 7) is 2.89. The lowest BCUT2D eigenvalue weighted by Crippen LogP contribution is -2.40. The highest BCUT2D eigenvalue weighted by Crippen LogP contribution is 2.30. The van der Waals surface area contributed by atoms with E-state index in [0.717, 1.165) is 12.5 Å². The van der Waals surface area contributed by atoms with E-state index in [4.69, 9.17) is 10.5 Å². The van der Waals surface area contributed by atoms with Gasteiger partial charge in [0.05, 0.1) is 24.5 Å². The van der Waals surface area contributed by atoms with Gasteiger partial charge in [-0.15, -0.1) is 0 Å². The van der Waals surface area contributed by atoms with Gasteiger partial charge in [-0.1, -0.05) is 0 Å². The van der Waals surface area contributed by atoms with Crippen LogP contribution >= 0.6 is 0 Å². The van der Waals surface area contributed by atoms with Crippen LogP contribution in [0.1, 0.15) is 19.8 Å². The summed E-state index contributed by atoms with van der Waals surface area (Å²) >= 11 is 0. The Morgan fingerprint density at radius 3 is 2.80 bits per heavy atom. The van der Waals surface area contributed by atoms with Gasteiger partial charge in [0.1, 0.15) is 5.75 Å². The molecular formula is C15H23N3O2. The number of carbonyl (C=O) groups excluding carboxylic acids is 1. The second kappa shape index (κ2) is 6.13. The van der Waals surface area contributed by atoms with Crippen molar-refractivity contribution in [2.75, 3.05) is 31.8 Å². The fraction of sp³-hybridized carbons (Fsp3) is 0.533. The number of nitrogens with zero attached hydrogens (tertiary/aromatic N) is 1. The first-order valence-corrected chi connectivity index (χ1v) is 6.96. The maximum Gasteiger partial charge on any atom is 0.241 e. The van der Waals surface area contributed by atoms with Crippen molar-refractivity contribution in [1.82, 2.24) is 4.90 Å². The van der Waals surface area contributed by atoms with Gasteiger partial charge in [-0.05, 0) is 44.9 Å². The van der Waals surface area contributed by atoms with Gasteiger partial charge in [0.15, 0.2) is 0 Å². The molecule has 1 amide bonds. The number of ether oxygens (including phenoxy) is 1. The third-order valence-electron chi connectivity index (χ3n) is 3.80. The van der Waals surface area contributed by atoms with E-state index in [9.17, 15) is 4.79 Å². The zero-order valence-electron chi connectivity index (χ0n) is 12.3. The van der Waals surface area contributed by atoms with Gasteiger partial charge in [-0.25, -0.2) is 0 Å². The number of hydrogen-bond donors (Lipinski definition) is 2. The van der Waals surface area contributed by atoms with Crippen LogP contribution in [0.2, 0.25) is 0 Å². The highest BCUT2D eigenvalue weighted by atomic mass is 16.5. The van der Waals surface area contributed by atoms with E-state index in [1.165, 1.54) is 12.8 Å². The van der Waals surface area contributed by atoms with Crippen LogP contribution in [-0.4, -0.2) is 37.6 Å². The number of anilines is 2. The van der Waals surface area contributed by atoms with Crippen LogP contribution in [-0.2, 0) is 4.79 Å². The zero-order chi connectivity index (χ0) is 14.7. The number of amides is 1. The summed E-state index contributed by atoms with van der Waals surface area (Å²) in [7, 11) is 3.57. The van der Waals surface area contributed by atoms with Crippen molar-refractivity contribution in [2.24, 2.45) is 5.92 Å². The summed E-state index contributed by atoms with van der Waals surface area (Å²) in [5.74, 6) is 1.41. The maximum absolute atomic E-state index is 12.2. The van der Waals surface area contributed by atoms with Gasteiger partial charge >= 0.3 is 0 Å². The fourth-order valence-corrected chi connectivity index (χ4v) is 2.08. The van der Waals surface area contributed by atoms with Crippen LogP contribution in [0.5, 0.6) is 5.75 Å². The number of methoxy groups -OCH3 is 1. The summed E-state index contributed by atoms with van der Waals surface area (Å²) in [6.07, 6.45) is 2.56. The Labute approximate surface area is 120 Å². The first kappa shape index (κ1) is 14.7. The molecule has 0 heterocycles. The number of benzene rings is 1. The summed E-state index contributed by atoms with van der Waals surface area (Å²) < 4.78 is 5.09. The average Bonchev–Trinajstić information content (AvgIpc) is 3.23. The van der Waals surface area contributed by atoms with Gasteiger partial charge in [-0.2, -0.15) is 0 Å². The molecule has 1 aliphatic carbocycles. The number of carbonyl (C=O) groups is 1. The first-order chi connectivity index (χ1) is 9.51. The Balaban J connectivity index is 1.95. The molecule has 1 fully saturated rings. The van der Waals surface area contributed by atoms with E-state index in [-0.39, 0.29) is 11.9 Å². The molecule has 0 aromatic heterocycles. The monoisotopic (exact) mass is 277 g/mol. The van der Waals surface area contributed by atoms with Gasteiger partial charge in [-0.3, -0.25) is 9.69 Å². The van der Waals surface area contributed by atoms with Crippen molar-refractivity contribution >= 4 is 17.3 Å². The smallest absolute Gasteiger partial charge is 0.241 e. The maximum atomic E-state index is 12.2.